The molecule has 186 valence electrons. The number of hydrogen-bond acceptors (Lipinski definition) is 7. The molecule has 0 bridgehead atoms. The summed E-state index contributed by atoms with van der Waals surface area (Å²) in [7, 11) is 4.41. The molecule has 3 aromatic carbocycles. The van der Waals surface area contributed by atoms with E-state index < -0.39 is 17.6 Å². The van der Waals surface area contributed by atoms with Crippen LogP contribution in [0.25, 0.3) is 11.1 Å². The van der Waals surface area contributed by atoms with E-state index >= 15 is 0 Å². The Labute approximate surface area is 225 Å². The first-order valence-corrected chi connectivity index (χ1v) is 12.7. The second-order valence-electron chi connectivity index (χ2n) is 8.03. The maximum absolute atomic E-state index is 14.2. The zero-order chi connectivity index (χ0) is 26.3. The lowest BCUT2D eigenvalue weighted by Crippen LogP contribution is -2.30. The number of amides is 2. The van der Waals surface area contributed by atoms with Crippen molar-refractivity contribution in [2.75, 3.05) is 26.2 Å². The minimum Gasteiger partial charge on any atom is -0.493 e. The van der Waals surface area contributed by atoms with Gasteiger partial charge in [-0.25, -0.2) is 4.90 Å². The Kier molecular flexibility index (Phi) is 6.57. The predicted molar refractivity (Wildman–Crippen MR) is 145 cm³/mol. The van der Waals surface area contributed by atoms with Crippen LogP contribution in [-0.4, -0.2) is 38.9 Å². The van der Waals surface area contributed by atoms with Crippen molar-refractivity contribution in [2.45, 2.75) is 0 Å². The molecule has 1 aliphatic rings. The fraction of sp³-hybridized carbons (Fsp3) is 0.107. The number of benzene rings is 3. The summed E-state index contributed by atoms with van der Waals surface area (Å²) in [4.78, 5) is 42.1. The molecule has 0 N–H and O–H groups in total. The molecule has 2 heterocycles. The van der Waals surface area contributed by atoms with Gasteiger partial charge in [-0.2, -0.15) is 0 Å². The molecule has 0 saturated carbocycles. The Morgan fingerprint density at radius 1 is 0.811 bits per heavy atom. The van der Waals surface area contributed by atoms with Gasteiger partial charge in [0, 0.05) is 11.1 Å². The molecule has 5 rings (SSSR count). The predicted octanol–water partition coefficient (Wildman–Crippen LogP) is 6.24. The number of halogens is 1. The van der Waals surface area contributed by atoms with Crippen LogP contribution in [0, 0.1) is 0 Å². The second-order valence-corrected chi connectivity index (χ2v) is 10.3. The first-order chi connectivity index (χ1) is 17.9. The van der Waals surface area contributed by atoms with Crippen LogP contribution in [0.4, 0.5) is 5.00 Å². The third-order valence-corrected chi connectivity index (χ3v) is 7.91. The highest BCUT2D eigenvalue weighted by Crippen LogP contribution is 2.49. The number of anilines is 1. The highest BCUT2D eigenvalue weighted by atomic mass is 79.9. The van der Waals surface area contributed by atoms with Gasteiger partial charge in [-0.1, -0.05) is 42.5 Å². The fourth-order valence-corrected chi connectivity index (χ4v) is 6.29. The molecule has 1 aliphatic heterocycles. The van der Waals surface area contributed by atoms with Gasteiger partial charge >= 0.3 is 0 Å². The van der Waals surface area contributed by atoms with E-state index in [2.05, 4.69) is 15.9 Å². The number of nitrogens with zero attached hydrogens (tertiary/aromatic N) is 1. The largest absolute Gasteiger partial charge is 0.493 e. The Balaban J connectivity index is 1.75. The molecule has 2 amide bonds. The Hall–Kier alpha value is -3.95. The SMILES string of the molecule is COc1cc(C(=O)c2c(N3C(=O)c4ccccc4C3=O)sc(Br)c2-c2ccccc2)cc(OC)c1OC. The van der Waals surface area contributed by atoms with Crippen LogP contribution in [0.5, 0.6) is 17.2 Å². The van der Waals surface area contributed by atoms with Crippen LogP contribution in [0.15, 0.2) is 70.5 Å². The molecule has 0 atom stereocenters. The number of hydrogen-bond donors (Lipinski definition) is 0. The van der Waals surface area contributed by atoms with Crippen LogP contribution in [0.3, 0.4) is 0 Å². The van der Waals surface area contributed by atoms with Crippen molar-refractivity contribution in [2.24, 2.45) is 0 Å². The molecule has 37 heavy (non-hydrogen) atoms. The summed E-state index contributed by atoms with van der Waals surface area (Å²) >= 11 is 4.75. The minimum absolute atomic E-state index is 0.215. The zero-order valence-electron chi connectivity index (χ0n) is 20.0. The monoisotopic (exact) mass is 577 g/mol. The molecule has 7 nitrogen and oxygen atoms in total. The van der Waals surface area contributed by atoms with Gasteiger partial charge < -0.3 is 14.2 Å². The van der Waals surface area contributed by atoms with Crippen molar-refractivity contribution < 1.29 is 28.6 Å². The van der Waals surface area contributed by atoms with Gasteiger partial charge in [0.2, 0.25) is 5.75 Å². The lowest BCUT2D eigenvalue weighted by atomic mass is 9.96. The molecule has 9 heteroatoms. The number of carbonyl (C=O) groups excluding carboxylic acids is 3. The Morgan fingerprint density at radius 2 is 1.35 bits per heavy atom. The van der Waals surface area contributed by atoms with Crippen LogP contribution in [-0.2, 0) is 0 Å². The smallest absolute Gasteiger partial charge is 0.266 e. The van der Waals surface area contributed by atoms with Crippen molar-refractivity contribution in [3.63, 3.8) is 0 Å². The lowest BCUT2D eigenvalue weighted by molar-refractivity contribution is 0.0927. The number of ether oxygens (including phenoxy) is 3. The number of ketones is 1. The highest BCUT2D eigenvalue weighted by molar-refractivity contribution is 9.11. The molecule has 0 unspecified atom stereocenters. The van der Waals surface area contributed by atoms with E-state index in [9.17, 15) is 14.4 Å². The van der Waals surface area contributed by atoms with Gasteiger partial charge in [0.15, 0.2) is 17.3 Å². The Morgan fingerprint density at radius 3 is 1.86 bits per heavy atom. The minimum atomic E-state index is -0.479. The third kappa shape index (κ3) is 4.00. The average Bonchev–Trinajstić information content (AvgIpc) is 3.40. The Bertz CT molecular complexity index is 1500. The van der Waals surface area contributed by atoms with Gasteiger partial charge in [0.05, 0.1) is 41.8 Å². The number of fused-ring (bicyclic) bond motifs is 1. The van der Waals surface area contributed by atoms with Crippen molar-refractivity contribution in [3.8, 4) is 28.4 Å². The molecule has 0 fully saturated rings. The van der Waals surface area contributed by atoms with E-state index in [0.29, 0.717) is 37.7 Å². The number of imide groups is 1. The first kappa shape index (κ1) is 24.7. The summed E-state index contributed by atoms with van der Waals surface area (Å²) in [5, 5.41) is 0.232. The molecule has 0 saturated heterocycles. The normalized spacial score (nSPS) is 12.5. The first-order valence-electron chi connectivity index (χ1n) is 11.1. The van der Waals surface area contributed by atoms with E-state index in [1.807, 2.05) is 30.3 Å². The van der Waals surface area contributed by atoms with E-state index in [-0.39, 0.29) is 16.1 Å². The van der Waals surface area contributed by atoms with E-state index in [4.69, 9.17) is 14.2 Å². The van der Waals surface area contributed by atoms with Crippen molar-refractivity contribution in [1.82, 2.24) is 0 Å². The van der Waals surface area contributed by atoms with Crippen LogP contribution < -0.4 is 19.1 Å². The van der Waals surface area contributed by atoms with Gasteiger partial charge in [-0.05, 0) is 45.8 Å². The molecule has 4 aromatic rings. The summed E-state index contributed by atoms with van der Waals surface area (Å²) in [6.45, 7) is 0. The second kappa shape index (κ2) is 9.84. The standard InChI is InChI=1S/C28H20BrNO6S/c1-34-19-13-16(14-20(35-2)24(19)36-3)23(31)22-21(15-9-5-4-6-10-15)25(29)37-28(22)30-26(32)17-11-7-8-12-18(17)27(30)33/h4-14H,1-3H3. The maximum Gasteiger partial charge on any atom is 0.266 e. The summed E-state index contributed by atoms with van der Waals surface area (Å²) in [6, 6.07) is 19.0. The van der Waals surface area contributed by atoms with Crippen LogP contribution >= 0.6 is 27.3 Å². The molecule has 0 radical (unpaired) electrons. The molecular formula is C28H20BrNO6S. The van der Waals surface area contributed by atoms with Gasteiger partial charge in [-0.3, -0.25) is 14.4 Å². The third-order valence-electron chi connectivity index (χ3n) is 6.06. The zero-order valence-corrected chi connectivity index (χ0v) is 22.4. The maximum atomic E-state index is 14.2. The number of rotatable bonds is 7. The summed E-state index contributed by atoms with van der Waals surface area (Å²) in [5.41, 5.74) is 2.39. The number of thiophene rings is 1. The highest BCUT2D eigenvalue weighted by Gasteiger charge is 2.41. The average molecular weight is 578 g/mol. The van der Waals surface area contributed by atoms with E-state index in [1.165, 1.54) is 21.3 Å². The van der Waals surface area contributed by atoms with Crippen LogP contribution in [0.1, 0.15) is 36.6 Å². The fourth-order valence-electron chi connectivity index (χ4n) is 4.35. The molecule has 1 aromatic heterocycles. The van der Waals surface area contributed by atoms with Gasteiger partial charge in [-0.15, -0.1) is 11.3 Å². The van der Waals surface area contributed by atoms with Crippen LogP contribution in [0.2, 0.25) is 0 Å². The van der Waals surface area contributed by atoms with Crippen molar-refractivity contribution >= 4 is 49.9 Å². The molecule has 0 spiro atoms. The quantitative estimate of drug-likeness (QED) is 0.191. The summed E-state index contributed by atoms with van der Waals surface area (Å²) in [6.07, 6.45) is 0. The lowest BCUT2D eigenvalue weighted by Gasteiger charge is -2.17. The van der Waals surface area contributed by atoms with Gasteiger partial charge in [0.25, 0.3) is 11.8 Å². The van der Waals surface area contributed by atoms with Crippen molar-refractivity contribution in [3.05, 3.63) is 92.8 Å². The molecule has 0 aliphatic carbocycles. The number of carbonyl (C=O) groups is 3. The topological polar surface area (TPSA) is 82.1 Å². The van der Waals surface area contributed by atoms with Crippen molar-refractivity contribution in [1.29, 1.82) is 0 Å². The van der Waals surface area contributed by atoms with E-state index in [0.717, 1.165) is 21.8 Å². The van der Waals surface area contributed by atoms with Gasteiger partial charge in [0.1, 0.15) is 5.00 Å². The summed E-state index contributed by atoms with van der Waals surface area (Å²) in [5.74, 6) is -0.407. The van der Waals surface area contributed by atoms with E-state index in [1.54, 1.807) is 36.4 Å². The molecular weight excluding hydrogens is 558 g/mol. The number of methoxy groups -OCH3 is 3. The summed E-state index contributed by atoms with van der Waals surface area (Å²) < 4.78 is 16.9.